The molecule has 0 spiro atoms. The Labute approximate surface area is 146 Å². The molecule has 1 aromatic heterocycles. The van der Waals surface area contributed by atoms with Gasteiger partial charge in [-0.3, -0.25) is 4.79 Å². The second-order valence-electron chi connectivity index (χ2n) is 6.41. The number of aromatic nitrogens is 3. The van der Waals surface area contributed by atoms with Gasteiger partial charge in [0.2, 0.25) is 0 Å². The molecule has 0 bridgehead atoms. The molecule has 1 amide bonds. The summed E-state index contributed by atoms with van der Waals surface area (Å²) in [5.41, 5.74) is 0.529. The number of nitrogens with one attached hydrogen (secondary N) is 1. The van der Waals surface area contributed by atoms with Gasteiger partial charge in [-0.05, 0) is 31.4 Å². The fraction of sp³-hybridized carbons (Fsp3) is 0.500. The zero-order valence-electron chi connectivity index (χ0n) is 14.1. The van der Waals surface area contributed by atoms with Gasteiger partial charge in [0.15, 0.2) is 5.82 Å². The summed E-state index contributed by atoms with van der Waals surface area (Å²) in [4.78, 5) is 12.6. The monoisotopic (exact) mass is 342 g/mol. The Bertz CT molecular complexity index is 753. The number of amides is 1. The highest BCUT2D eigenvalue weighted by Crippen LogP contribution is 2.21. The molecule has 1 saturated heterocycles. The Morgan fingerprint density at radius 1 is 1.32 bits per heavy atom. The predicted molar refractivity (Wildman–Crippen MR) is 90.4 cm³/mol. The molecule has 2 aromatic rings. The van der Waals surface area contributed by atoms with Crippen LogP contribution in [0.5, 0.6) is 5.75 Å². The van der Waals surface area contributed by atoms with Crippen LogP contribution in [0.3, 0.4) is 0 Å². The van der Waals surface area contributed by atoms with Crippen LogP contribution in [0.2, 0.25) is 0 Å². The number of rotatable bonds is 6. The van der Waals surface area contributed by atoms with Gasteiger partial charge in [0.25, 0.3) is 5.91 Å². The number of hydrogen-bond acceptors (Lipinski definition) is 5. The van der Waals surface area contributed by atoms with Crippen molar-refractivity contribution >= 4 is 5.91 Å². The number of benzene rings is 1. The van der Waals surface area contributed by atoms with E-state index in [4.69, 9.17) is 9.47 Å². The SMILES string of the molecule is O=C(NCc1nnc2n1CCC2)c1ccccc1OCC1CCCO1. The first-order chi connectivity index (χ1) is 12.3. The van der Waals surface area contributed by atoms with Gasteiger partial charge in [0.05, 0.1) is 18.2 Å². The van der Waals surface area contributed by atoms with Crippen molar-refractivity contribution in [1.82, 2.24) is 20.1 Å². The average Bonchev–Trinajstić information content (AvgIpc) is 3.36. The van der Waals surface area contributed by atoms with Crippen LogP contribution in [0.4, 0.5) is 0 Å². The number of aryl methyl sites for hydroxylation is 1. The number of hydrogen-bond donors (Lipinski definition) is 1. The molecule has 7 heteroatoms. The molecule has 0 saturated carbocycles. The van der Waals surface area contributed by atoms with Gasteiger partial charge in [0, 0.05) is 19.6 Å². The zero-order valence-corrected chi connectivity index (χ0v) is 14.1. The summed E-state index contributed by atoms with van der Waals surface area (Å²) in [7, 11) is 0. The number of fused-ring (bicyclic) bond motifs is 1. The van der Waals surface area contributed by atoms with Crippen LogP contribution in [0.25, 0.3) is 0 Å². The van der Waals surface area contributed by atoms with Crippen molar-refractivity contribution in [2.75, 3.05) is 13.2 Å². The molecule has 1 atom stereocenters. The van der Waals surface area contributed by atoms with E-state index in [1.807, 2.05) is 18.2 Å². The van der Waals surface area contributed by atoms with E-state index in [1.54, 1.807) is 6.07 Å². The Morgan fingerprint density at radius 3 is 3.12 bits per heavy atom. The van der Waals surface area contributed by atoms with E-state index in [0.29, 0.717) is 24.5 Å². The maximum absolute atomic E-state index is 12.6. The largest absolute Gasteiger partial charge is 0.490 e. The standard InChI is InChI=1S/C18H22N4O3/c23-18(19-11-17-21-20-16-8-3-9-22(16)17)14-6-1-2-7-15(14)25-12-13-5-4-10-24-13/h1-2,6-7,13H,3-5,8-12H2,(H,19,23). The molecule has 1 N–H and O–H groups in total. The Kier molecular flexibility index (Phi) is 4.65. The van der Waals surface area contributed by atoms with Gasteiger partial charge < -0.3 is 19.4 Å². The lowest BCUT2D eigenvalue weighted by atomic mass is 10.2. The maximum atomic E-state index is 12.6. The second kappa shape index (κ2) is 7.23. The number of ether oxygens (including phenoxy) is 2. The second-order valence-corrected chi connectivity index (χ2v) is 6.41. The van der Waals surface area contributed by atoms with Crippen LogP contribution < -0.4 is 10.1 Å². The van der Waals surface area contributed by atoms with Crippen molar-refractivity contribution in [1.29, 1.82) is 0 Å². The van der Waals surface area contributed by atoms with E-state index < -0.39 is 0 Å². The van der Waals surface area contributed by atoms with E-state index in [1.165, 1.54) is 0 Å². The topological polar surface area (TPSA) is 78.3 Å². The molecular formula is C18H22N4O3. The van der Waals surface area contributed by atoms with Crippen molar-refractivity contribution in [3.05, 3.63) is 41.5 Å². The smallest absolute Gasteiger partial charge is 0.255 e. The maximum Gasteiger partial charge on any atom is 0.255 e. The van der Waals surface area contributed by atoms with Gasteiger partial charge in [-0.15, -0.1) is 10.2 Å². The predicted octanol–water partition coefficient (Wildman–Crippen LogP) is 1.71. The van der Waals surface area contributed by atoms with Crippen LogP contribution in [-0.4, -0.2) is 40.0 Å². The highest BCUT2D eigenvalue weighted by atomic mass is 16.5. The van der Waals surface area contributed by atoms with Crippen molar-refractivity contribution in [2.45, 2.75) is 44.9 Å². The normalized spacial score (nSPS) is 19.0. The van der Waals surface area contributed by atoms with Gasteiger partial charge in [-0.25, -0.2) is 0 Å². The summed E-state index contributed by atoms with van der Waals surface area (Å²) < 4.78 is 13.5. The number of carbonyl (C=O) groups is 1. The van der Waals surface area contributed by atoms with E-state index in [-0.39, 0.29) is 12.0 Å². The summed E-state index contributed by atoms with van der Waals surface area (Å²) in [6.07, 6.45) is 4.24. The lowest BCUT2D eigenvalue weighted by molar-refractivity contribution is 0.0670. The molecule has 25 heavy (non-hydrogen) atoms. The van der Waals surface area contributed by atoms with Crippen LogP contribution >= 0.6 is 0 Å². The lowest BCUT2D eigenvalue weighted by Gasteiger charge is -2.14. The minimum absolute atomic E-state index is 0.120. The summed E-state index contributed by atoms with van der Waals surface area (Å²) in [5.74, 6) is 2.23. The molecule has 3 heterocycles. The summed E-state index contributed by atoms with van der Waals surface area (Å²) in [5, 5.41) is 11.3. The number of carbonyl (C=O) groups excluding carboxylic acids is 1. The highest BCUT2D eigenvalue weighted by Gasteiger charge is 2.20. The number of nitrogens with zero attached hydrogens (tertiary/aromatic N) is 3. The Morgan fingerprint density at radius 2 is 2.24 bits per heavy atom. The van der Waals surface area contributed by atoms with Gasteiger partial charge >= 0.3 is 0 Å². The minimum atomic E-state index is -0.168. The number of para-hydroxylation sites is 1. The quantitative estimate of drug-likeness (QED) is 0.865. The molecule has 4 rings (SSSR count). The molecule has 1 fully saturated rings. The molecule has 0 radical (unpaired) electrons. The van der Waals surface area contributed by atoms with Crippen molar-refractivity contribution < 1.29 is 14.3 Å². The van der Waals surface area contributed by atoms with Crippen molar-refractivity contribution in [2.24, 2.45) is 0 Å². The third-order valence-electron chi connectivity index (χ3n) is 4.67. The van der Waals surface area contributed by atoms with Crippen LogP contribution in [0, 0.1) is 0 Å². The Hall–Kier alpha value is -2.41. The van der Waals surface area contributed by atoms with Gasteiger partial charge in [-0.2, -0.15) is 0 Å². The molecule has 7 nitrogen and oxygen atoms in total. The fourth-order valence-electron chi connectivity index (χ4n) is 3.33. The van der Waals surface area contributed by atoms with Crippen LogP contribution in [0.1, 0.15) is 41.3 Å². The highest BCUT2D eigenvalue weighted by molar-refractivity contribution is 5.96. The zero-order chi connectivity index (χ0) is 17.1. The fourth-order valence-corrected chi connectivity index (χ4v) is 3.33. The van der Waals surface area contributed by atoms with Crippen LogP contribution in [0.15, 0.2) is 24.3 Å². The third kappa shape index (κ3) is 3.51. The molecular weight excluding hydrogens is 320 g/mol. The third-order valence-corrected chi connectivity index (χ3v) is 4.67. The van der Waals surface area contributed by atoms with E-state index in [2.05, 4.69) is 20.1 Å². The molecule has 2 aliphatic rings. The first kappa shape index (κ1) is 16.1. The molecule has 0 aliphatic carbocycles. The van der Waals surface area contributed by atoms with Crippen molar-refractivity contribution in [3.63, 3.8) is 0 Å². The summed E-state index contributed by atoms with van der Waals surface area (Å²) >= 11 is 0. The molecule has 1 unspecified atom stereocenters. The minimum Gasteiger partial charge on any atom is -0.490 e. The van der Waals surface area contributed by atoms with E-state index in [0.717, 1.165) is 50.5 Å². The van der Waals surface area contributed by atoms with Gasteiger partial charge in [-0.1, -0.05) is 12.1 Å². The van der Waals surface area contributed by atoms with Crippen LogP contribution in [-0.2, 0) is 24.2 Å². The summed E-state index contributed by atoms with van der Waals surface area (Å²) in [6, 6.07) is 7.29. The average molecular weight is 342 g/mol. The molecule has 132 valence electrons. The first-order valence-electron chi connectivity index (χ1n) is 8.84. The summed E-state index contributed by atoms with van der Waals surface area (Å²) in [6.45, 7) is 2.56. The van der Waals surface area contributed by atoms with Gasteiger partial charge in [0.1, 0.15) is 18.2 Å². The lowest BCUT2D eigenvalue weighted by Crippen LogP contribution is -2.26. The first-order valence-corrected chi connectivity index (χ1v) is 8.84. The van der Waals surface area contributed by atoms with E-state index >= 15 is 0 Å². The Balaban J connectivity index is 1.39. The molecule has 1 aromatic carbocycles. The van der Waals surface area contributed by atoms with Crippen molar-refractivity contribution in [3.8, 4) is 5.75 Å². The van der Waals surface area contributed by atoms with E-state index in [9.17, 15) is 4.79 Å². The molecule has 2 aliphatic heterocycles.